The zero-order valence-corrected chi connectivity index (χ0v) is 39.2. The topological polar surface area (TPSA) is 51.8 Å². The van der Waals surface area contributed by atoms with Crippen LogP contribution >= 0.6 is 0 Å². The van der Waals surface area contributed by atoms with Crippen molar-refractivity contribution in [2.75, 3.05) is 0 Å². The Hall–Kier alpha value is -3.90. The fraction of sp³-hybridized carbons (Fsp3) is 0.327. The van der Waals surface area contributed by atoms with Gasteiger partial charge in [0, 0.05) is 31.7 Å². The van der Waals surface area contributed by atoms with Gasteiger partial charge in [0.25, 0.3) is 0 Å². The normalized spacial score (nSPS) is 11.6. The number of rotatable bonds is 8. The van der Waals surface area contributed by atoms with E-state index < -0.39 is 13.3 Å². The van der Waals surface area contributed by atoms with Crippen molar-refractivity contribution in [3.63, 3.8) is 0 Å². The van der Waals surface area contributed by atoms with Gasteiger partial charge in [0.05, 0.1) is 5.58 Å². The van der Waals surface area contributed by atoms with Gasteiger partial charge in [-0.3, -0.25) is 0 Å². The van der Waals surface area contributed by atoms with Crippen molar-refractivity contribution in [1.82, 2.24) is 15.0 Å². The largest absolute Gasteiger partial charge is 0.501 e. The van der Waals surface area contributed by atoms with E-state index in [1.54, 1.807) is 0 Å². The molecule has 0 fully saturated rings. The number of nitrogens with zero attached hydrogens (tertiary/aromatic N) is 3. The Morgan fingerprint density at radius 2 is 1.44 bits per heavy atom. The van der Waals surface area contributed by atoms with Gasteiger partial charge in [-0.1, -0.05) is 60.7 Å². The molecule has 0 saturated carbocycles. The van der Waals surface area contributed by atoms with Gasteiger partial charge in [0.15, 0.2) is 0 Å². The van der Waals surface area contributed by atoms with Crippen LogP contribution in [-0.4, -0.2) is 28.2 Å². The van der Waals surface area contributed by atoms with Crippen LogP contribution < -0.4 is 4.40 Å². The van der Waals surface area contributed by atoms with Crippen molar-refractivity contribution in [2.24, 2.45) is 11.8 Å². The molecule has 0 N–H and O–H groups in total. The summed E-state index contributed by atoms with van der Waals surface area (Å²) in [5.41, 5.74) is 16.7. The van der Waals surface area contributed by atoms with Crippen molar-refractivity contribution in [3.8, 4) is 33.6 Å². The maximum absolute atomic E-state index is 6.51. The molecule has 4 heterocycles. The minimum Gasteiger partial charge on any atom is -0.501 e. The summed E-state index contributed by atoms with van der Waals surface area (Å²) in [4.78, 5) is 14.0. The van der Waals surface area contributed by atoms with Gasteiger partial charge in [-0.05, 0) is 78.8 Å². The van der Waals surface area contributed by atoms with Crippen molar-refractivity contribution in [3.05, 3.63) is 130 Å². The van der Waals surface area contributed by atoms with Crippen LogP contribution in [-0.2, 0) is 32.9 Å². The van der Waals surface area contributed by atoms with Crippen LogP contribution in [0.2, 0.25) is 17.3 Å². The van der Waals surface area contributed by atoms with E-state index in [1.807, 2.05) is 32.2 Å². The second kappa shape index (κ2) is 17.5. The van der Waals surface area contributed by atoms with E-state index in [2.05, 4.69) is 149 Å². The van der Waals surface area contributed by atoms with Gasteiger partial charge in [-0.25, -0.2) is 0 Å². The summed E-state index contributed by atoms with van der Waals surface area (Å²) in [6.07, 6.45) is 6.17. The molecule has 0 aliphatic rings. The van der Waals surface area contributed by atoms with E-state index in [0.717, 1.165) is 63.3 Å². The first-order chi connectivity index (χ1) is 25.6. The third-order valence-electron chi connectivity index (χ3n) is 10.0. The molecule has 4 nitrogen and oxygen atoms in total. The minimum absolute atomic E-state index is 0. The number of fused-ring (bicyclic) bond motifs is 3. The molecule has 0 atom stereocenters. The van der Waals surface area contributed by atoms with Gasteiger partial charge < -0.3 is 9.40 Å². The minimum atomic E-state index is -1.90. The van der Waals surface area contributed by atoms with Gasteiger partial charge in [0.2, 0.25) is 0 Å². The number of pyridine rings is 3. The molecule has 0 aliphatic heterocycles. The molecular weight excluding hydrogens is 911 g/mol. The number of furan rings is 1. The van der Waals surface area contributed by atoms with Crippen LogP contribution in [0, 0.1) is 58.6 Å². The zero-order valence-electron chi connectivity index (χ0n) is 34.7. The monoisotopic (exact) mass is 968 g/mol. The van der Waals surface area contributed by atoms with Gasteiger partial charge in [-0.2, -0.15) is 0 Å². The molecule has 7 rings (SSSR count). The Labute approximate surface area is 345 Å². The molecule has 3 aromatic carbocycles. The molecule has 287 valence electrons. The Kier molecular flexibility index (Phi) is 13.4. The van der Waals surface area contributed by atoms with Crippen LogP contribution in [0.15, 0.2) is 83.5 Å². The molecule has 7 aromatic rings. The third kappa shape index (κ3) is 9.56. The van der Waals surface area contributed by atoms with E-state index in [-0.39, 0.29) is 20.1 Å². The summed E-state index contributed by atoms with van der Waals surface area (Å²) in [6, 6.07) is 30.3. The molecule has 0 unspecified atom stereocenters. The number of aryl methyl sites for hydroxylation is 5. The van der Waals surface area contributed by atoms with E-state index in [0.29, 0.717) is 11.8 Å². The second-order valence-electron chi connectivity index (χ2n) is 16.9. The molecule has 0 bridgehead atoms. The fourth-order valence-corrected chi connectivity index (χ4v) is 11.0. The van der Waals surface area contributed by atoms with Crippen molar-refractivity contribution >= 4 is 39.6 Å². The van der Waals surface area contributed by atoms with Gasteiger partial charge >= 0.3 is 138 Å². The van der Waals surface area contributed by atoms with E-state index in [9.17, 15) is 0 Å². The van der Waals surface area contributed by atoms with Crippen LogP contribution in [0.5, 0.6) is 0 Å². The summed E-state index contributed by atoms with van der Waals surface area (Å²) >= 11 is -1.90. The molecule has 4 aromatic heterocycles. The van der Waals surface area contributed by atoms with Gasteiger partial charge in [0.1, 0.15) is 5.58 Å². The molecular formula is C49H55GeIrN3O-2. The predicted molar refractivity (Wildman–Crippen MR) is 231 cm³/mol. The maximum atomic E-state index is 6.51. The average molecular weight is 967 g/mol. The number of benzene rings is 3. The van der Waals surface area contributed by atoms with Crippen molar-refractivity contribution in [1.29, 1.82) is 0 Å². The SMILES string of the molecule is Cc1c[c-]c(-c2cc(CC(C)C)[c]([Ge]([CH3])([CH3])[CH3])cn2)c(C)n1.Cc1cccc(C)c1-c1cc(C)c2c(c1)oc1c(-c3cc(CC(C)C)ccn3)[c-]ccc12.[Ir]. The van der Waals surface area contributed by atoms with Crippen LogP contribution in [0.1, 0.15) is 66.9 Å². The molecule has 55 heavy (non-hydrogen) atoms. The van der Waals surface area contributed by atoms with Gasteiger partial charge in [-0.15, -0.1) is 18.2 Å². The summed E-state index contributed by atoms with van der Waals surface area (Å²) in [5.74, 6) is 8.56. The Morgan fingerprint density at radius 1 is 0.745 bits per heavy atom. The number of hydrogen-bond acceptors (Lipinski definition) is 4. The molecule has 0 spiro atoms. The molecule has 0 amide bonds. The quantitative estimate of drug-likeness (QED) is 0.112. The summed E-state index contributed by atoms with van der Waals surface area (Å²) in [7, 11) is 0. The Morgan fingerprint density at radius 3 is 2.09 bits per heavy atom. The van der Waals surface area contributed by atoms with Crippen LogP contribution in [0.4, 0.5) is 0 Å². The number of hydrogen-bond donors (Lipinski definition) is 0. The number of aromatic nitrogens is 3. The molecule has 6 heteroatoms. The van der Waals surface area contributed by atoms with Crippen molar-refractivity contribution < 1.29 is 24.5 Å². The first-order valence-corrected chi connectivity index (χ1v) is 26.7. The maximum Gasteiger partial charge on any atom is 0.121 e. The summed E-state index contributed by atoms with van der Waals surface area (Å²) < 4.78 is 8.03. The van der Waals surface area contributed by atoms with Crippen molar-refractivity contribution in [2.45, 2.75) is 92.4 Å². The Bertz CT molecular complexity index is 2430. The van der Waals surface area contributed by atoms with E-state index in [4.69, 9.17) is 9.40 Å². The predicted octanol–water partition coefficient (Wildman–Crippen LogP) is 12.5. The standard InChI is InChI=1S/C30H28NO.C19H27GeN2.Ir/c1-18(2)14-22-12-13-31-26(16-22)24-10-7-11-25-29-21(5)15-23(17-27(29)32-30(24)25)28-19(3)8-6-9-20(28)4;1-13(2)10-16-11-19(21-12-18(16)20(5,6)7)17-9-8-14(3)22-15(17)4;/h6-9,11-13,15-18H,14H2,1-5H3;8,11-13H,10H2,1-7H3;/q2*-1;. The summed E-state index contributed by atoms with van der Waals surface area (Å²) in [6.45, 7) is 19.6. The first kappa shape index (κ1) is 42.2. The average Bonchev–Trinajstić information content (AvgIpc) is 3.47. The van der Waals surface area contributed by atoms with E-state index >= 15 is 0 Å². The molecule has 0 saturated heterocycles. The Balaban J connectivity index is 0.000000222. The third-order valence-corrected chi connectivity index (χ3v) is 14.4. The first-order valence-electron chi connectivity index (χ1n) is 19.4. The summed E-state index contributed by atoms with van der Waals surface area (Å²) in [5, 5.41) is 2.29. The van der Waals surface area contributed by atoms with Crippen LogP contribution in [0.25, 0.3) is 55.6 Å². The van der Waals surface area contributed by atoms with Crippen LogP contribution in [0.3, 0.4) is 0 Å². The molecule has 0 aliphatic carbocycles. The second-order valence-corrected chi connectivity index (χ2v) is 27.4. The smallest absolute Gasteiger partial charge is 0.121 e. The van der Waals surface area contributed by atoms with E-state index in [1.165, 1.54) is 48.7 Å². The fourth-order valence-electron chi connectivity index (χ4n) is 7.70. The zero-order chi connectivity index (χ0) is 38.9. The molecule has 1 radical (unpaired) electrons.